The first-order valence-electron chi connectivity index (χ1n) is 13.2. The monoisotopic (exact) mass is 529 g/mol. The van der Waals surface area contributed by atoms with Gasteiger partial charge in [0.1, 0.15) is 11.9 Å². The van der Waals surface area contributed by atoms with E-state index in [1.54, 1.807) is 20.3 Å². The topological polar surface area (TPSA) is 74.3 Å². The minimum absolute atomic E-state index is 0.00373. The van der Waals surface area contributed by atoms with Crippen molar-refractivity contribution in [2.45, 2.75) is 83.0 Å². The van der Waals surface area contributed by atoms with Crippen LogP contribution in [-0.4, -0.2) is 60.1 Å². The second-order valence-electron chi connectivity index (χ2n) is 10.3. The van der Waals surface area contributed by atoms with Gasteiger partial charge >= 0.3 is 5.97 Å². The van der Waals surface area contributed by atoms with Crippen molar-refractivity contribution in [3.8, 4) is 5.75 Å². The molecule has 0 N–H and O–H groups in total. The first-order chi connectivity index (χ1) is 17.8. The van der Waals surface area contributed by atoms with Crippen LogP contribution in [0.1, 0.15) is 57.9 Å². The van der Waals surface area contributed by atoms with E-state index in [1.165, 1.54) is 11.8 Å². The Morgan fingerprint density at radius 1 is 1.14 bits per heavy atom. The van der Waals surface area contributed by atoms with Crippen molar-refractivity contribution in [2.75, 3.05) is 20.0 Å². The third-order valence-electron chi connectivity index (χ3n) is 7.51. The summed E-state index contributed by atoms with van der Waals surface area (Å²) in [6, 6.07) is 7.41. The maximum atomic E-state index is 13.0. The quantitative estimate of drug-likeness (QED) is 0.348. The van der Waals surface area contributed by atoms with Crippen molar-refractivity contribution < 1.29 is 28.5 Å². The van der Waals surface area contributed by atoms with Crippen LogP contribution in [0.2, 0.25) is 0 Å². The molecule has 0 aromatic heterocycles. The van der Waals surface area contributed by atoms with Crippen molar-refractivity contribution in [3.63, 3.8) is 0 Å². The third kappa shape index (κ3) is 6.98. The molecule has 0 radical (unpaired) electrons. The number of nitrogens with zero attached hydrogens (tertiary/aromatic N) is 1. The summed E-state index contributed by atoms with van der Waals surface area (Å²) in [6.45, 7) is 4.63. The lowest BCUT2D eigenvalue weighted by Crippen LogP contribution is -2.60. The van der Waals surface area contributed by atoms with E-state index < -0.39 is 5.79 Å². The number of amides is 1. The van der Waals surface area contributed by atoms with E-state index in [2.05, 4.69) is 19.1 Å². The molecule has 1 amide bonds. The van der Waals surface area contributed by atoms with Gasteiger partial charge in [-0.15, -0.1) is 0 Å². The van der Waals surface area contributed by atoms with Crippen LogP contribution >= 0.6 is 11.8 Å². The zero-order valence-electron chi connectivity index (χ0n) is 22.3. The number of carbonyl (C=O) groups is 2. The number of benzene rings is 1. The normalized spacial score (nSPS) is 31.5. The second-order valence-corrected chi connectivity index (χ2v) is 11.3. The summed E-state index contributed by atoms with van der Waals surface area (Å²) >= 11 is 1.28. The Balaban J connectivity index is 1.59. The number of esters is 1. The van der Waals surface area contributed by atoms with Crippen molar-refractivity contribution >= 4 is 23.0 Å². The Morgan fingerprint density at radius 3 is 2.65 bits per heavy atom. The van der Waals surface area contributed by atoms with Gasteiger partial charge < -0.3 is 23.8 Å². The molecule has 202 valence electrons. The third-order valence-corrected chi connectivity index (χ3v) is 8.47. The van der Waals surface area contributed by atoms with Crippen molar-refractivity contribution in [2.24, 2.45) is 5.92 Å². The van der Waals surface area contributed by atoms with Gasteiger partial charge in [0, 0.05) is 38.3 Å². The van der Waals surface area contributed by atoms with Crippen LogP contribution in [0.15, 0.2) is 48.1 Å². The van der Waals surface area contributed by atoms with Crippen molar-refractivity contribution in [3.05, 3.63) is 53.6 Å². The van der Waals surface area contributed by atoms with Gasteiger partial charge in [-0.1, -0.05) is 48.5 Å². The van der Waals surface area contributed by atoms with Crippen LogP contribution in [-0.2, 0) is 25.5 Å². The molecule has 1 aromatic carbocycles. The summed E-state index contributed by atoms with van der Waals surface area (Å²) in [4.78, 5) is 27.6. The molecule has 7 nitrogen and oxygen atoms in total. The molecule has 2 fully saturated rings. The van der Waals surface area contributed by atoms with Gasteiger partial charge in [0.2, 0.25) is 0 Å². The maximum Gasteiger partial charge on any atom is 0.330 e. The van der Waals surface area contributed by atoms with E-state index in [-0.39, 0.29) is 29.5 Å². The number of thioether (sulfide) groups is 1. The lowest BCUT2D eigenvalue weighted by Gasteiger charge is -2.48. The van der Waals surface area contributed by atoms with E-state index in [4.69, 9.17) is 18.9 Å². The van der Waals surface area contributed by atoms with Gasteiger partial charge in [0.25, 0.3) is 5.24 Å². The molecular formula is C29H39NO6S. The minimum atomic E-state index is -1.06. The molecule has 0 unspecified atom stereocenters. The van der Waals surface area contributed by atoms with Crippen molar-refractivity contribution in [1.29, 1.82) is 0 Å². The molecule has 4 rings (SSSR count). The molecule has 3 heterocycles. The largest absolute Gasteiger partial charge is 0.497 e. The number of methoxy groups -OCH3 is 2. The van der Waals surface area contributed by atoms with E-state index in [9.17, 15) is 9.59 Å². The summed E-state index contributed by atoms with van der Waals surface area (Å²) in [5.74, 6) is 0.357. The van der Waals surface area contributed by atoms with Gasteiger partial charge in [-0.2, -0.15) is 0 Å². The molecule has 2 bridgehead atoms. The van der Waals surface area contributed by atoms with Crippen LogP contribution in [0.4, 0.5) is 4.79 Å². The SMILES string of the molecule is COc1ccc(CN2C(=O)SC[C@H]2[C@@]2(OC)C[C@H]3C[C@@H](CC[C@H](C)C=CCCC(C)=CC(=O)O3)O2)cc1. The zero-order chi connectivity index (χ0) is 26.4. The van der Waals surface area contributed by atoms with Crippen molar-refractivity contribution in [1.82, 2.24) is 4.90 Å². The average molecular weight is 530 g/mol. The predicted molar refractivity (Wildman–Crippen MR) is 144 cm³/mol. The van der Waals surface area contributed by atoms with E-state index >= 15 is 0 Å². The molecule has 8 heteroatoms. The smallest absolute Gasteiger partial charge is 0.330 e. The summed E-state index contributed by atoms with van der Waals surface area (Å²) in [6.07, 6.45) is 10.1. The fraction of sp³-hybridized carbons (Fsp3) is 0.586. The Kier molecular flexibility index (Phi) is 9.37. The van der Waals surface area contributed by atoms with Crippen LogP contribution in [0, 0.1) is 5.92 Å². The average Bonchev–Trinajstić information content (AvgIpc) is 3.25. The molecule has 3 aliphatic rings. The van der Waals surface area contributed by atoms with E-state index in [0.29, 0.717) is 31.1 Å². The Labute approximate surface area is 224 Å². The number of fused-ring (bicyclic) bond motifs is 2. The number of rotatable bonds is 5. The maximum absolute atomic E-state index is 13.0. The van der Waals surface area contributed by atoms with Gasteiger partial charge in [0.15, 0.2) is 5.79 Å². The summed E-state index contributed by atoms with van der Waals surface area (Å²) < 4.78 is 24.1. The van der Waals surface area contributed by atoms with E-state index in [0.717, 1.165) is 42.6 Å². The molecule has 5 atom stereocenters. The van der Waals surface area contributed by atoms with Crippen LogP contribution < -0.4 is 4.74 Å². The molecule has 0 spiro atoms. The van der Waals surface area contributed by atoms with E-state index in [1.807, 2.05) is 36.1 Å². The van der Waals surface area contributed by atoms with Gasteiger partial charge in [-0.3, -0.25) is 4.79 Å². The molecule has 3 aliphatic heterocycles. The highest BCUT2D eigenvalue weighted by Crippen LogP contribution is 2.43. The van der Waals surface area contributed by atoms with Gasteiger partial charge in [0.05, 0.1) is 19.3 Å². The number of hydrogen-bond donors (Lipinski definition) is 0. The number of hydrogen-bond acceptors (Lipinski definition) is 7. The summed E-state index contributed by atoms with van der Waals surface area (Å²) in [5.41, 5.74) is 2.00. The zero-order valence-corrected chi connectivity index (χ0v) is 23.1. The molecule has 0 saturated carbocycles. The predicted octanol–water partition coefficient (Wildman–Crippen LogP) is 5.88. The molecule has 37 heavy (non-hydrogen) atoms. The standard InChI is InChI=1S/C29H39NO6S/c1-20-7-5-6-8-21(2)15-27(31)35-25-16-24(12-9-20)36-29(17-25,34-4)26-19-37-28(32)30(26)18-22-10-13-23(33-3)14-11-22/h5,7,10-11,13-15,20,24-26H,6,8-9,12,16-19H2,1-4H3/t20-,24-,25-,26+,29-/m1/s1. The highest BCUT2D eigenvalue weighted by molar-refractivity contribution is 8.13. The van der Waals surface area contributed by atoms with Crippen LogP contribution in [0.25, 0.3) is 0 Å². The lowest BCUT2D eigenvalue weighted by atomic mass is 9.89. The lowest BCUT2D eigenvalue weighted by molar-refractivity contribution is -0.305. The minimum Gasteiger partial charge on any atom is -0.497 e. The summed E-state index contributed by atoms with van der Waals surface area (Å²) in [5, 5.41) is -0.00373. The number of carbonyl (C=O) groups excluding carboxylic acids is 2. The van der Waals surface area contributed by atoms with Gasteiger partial charge in [-0.25, -0.2) is 4.79 Å². The molecule has 1 aromatic rings. The number of ether oxygens (including phenoxy) is 4. The van der Waals surface area contributed by atoms with Crippen LogP contribution in [0.5, 0.6) is 5.75 Å². The molecule has 2 saturated heterocycles. The highest BCUT2D eigenvalue weighted by atomic mass is 32.2. The first kappa shape index (κ1) is 27.7. The molecule has 0 aliphatic carbocycles. The summed E-state index contributed by atoms with van der Waals surface area (Å²) in [7, 11) is 3.27. The number of allylic oxidation sites excluding steroid dienone is 3. The van der Waals surface area contributed by atoms with Gasteiger partial charge in [-0.05, 0) is 56.2 Å². The Hall–Kier alpha value is -2.29. The first-order valence-corrected chi connectivity index (χ1v) is 14.1. The second kappa shape index (κ2) is 12.5. The Morgan fingerprint density at radius 2 is 1.92 bits per heavy atom. The van der Waals surface area contributed by atoms with Crippen LogP contribution in [0.3, 0.4) is 0 Å². The Bertz CT molecular complexity index is 1010. The highest BCUT2D eigenvalue weighted by Gasteiger charge is 2.54. The molecular weight excluding hydrogens is 490 g/mol. The fourth-order valence-corrected chi connectivity index (χ4v) is 6.49. The fourth-order valence-electron chi connectivity index (χ4n) is 5.39.